The lowest BCUT2D eigenvalue weighted by atomic mass is 10.1. The highest BCUT2D eigenvalue weighted by Gasteiger charge is 2.15. The van der Waals surface area contributed by atoms with Crippen molar-refractivity contribution in [3.63, 3.8) is 0 Å². The van der Waals surface area contributed by atoms with Crippen LogP contribution in [0.4, 0.5) is 0 Å². The van der Waals surface area contributed by atoms with E-state index in [-0.39, 0.29) is 16.5 Å². The summed E-state index contributed by atoms with van der Waals surface area (Å²) in [6.45, 7) is 0.311. The number of thiophene rings is 1. The van der Waals surface area contributed by atoms with Gasteiger partial charge in [-0.25, -0.2) is 13.1 Å². The van der Waals surface area contributed by atoms with Gasteiger partial charge in [0.2, 0.25) is 15.9 Å². The smallest absolute Gasteiger partial charge is 0.249 e. The molecule has 0 aliphatic rings. The van der Waals surface area contributed by atoms with Crippen molar-refractivity contribution in [3.05, 3.63) is 53.0 Å². The van der Waals surface area contributed by atoms with Gasteiger partial charge in [-0.2, -0.15) is 0 Å². The third-order valence-corrected chi connectivity index (χ3v) is 6.65. The molecule has 2 aromatic heterocycles. The molecule has 6 nitrogen and oxygen atoms in total. The molecule has 0 fully saturated rings. The Kier molecular flexibility index (Phi) is 4.70. The van der Waals surface area contributed by atoms with E-state index >= 15 is 0 Å². The molecule has 0 spiro atoms. The Bertz CT molecular complexity index is 973. The van der Waals surface area contributed by atoms with Gasteiger partial charge in [0.25, 0.3) is 0 Å². The summed E-state index contributed by atoms with van der Waals surface area (Å²) >= 11 is 1.15. The first-order valence-electron chi connectivity index (χ1n) is 7.33. The minimum atomic E-state index is -3.43. The number of aromatic nitrogens is 1. The van der Waals surface area contributed by atoms with E-state index in [2.05, 4.69) is 15.0 Å². The number of fused-ring (bicyclic) bond motifs is 1. The number of benzene rings is 1. The number of carbonyl (C=O) groups excluding carboxylic acids is 1. The molecule has 0 bridgehead atoms. The van der Waals surface area contributed by atoms with Gasteiger partial charge in [0.1, 0.15) is 4.21 Å². The van der Waals surface area contributed by atoms with E-state index in [1.807, 2.05) is 30.5 Å². The normalized spacial score (nSPS) is 11.7. The van der Waals surface area contributed by atoms with Crippen molar-refractivity contribution in [1.82, 2.24) is 15.0 Å². The summed E-state index contributed by atoms with van der Waals surface area (Å²) < 4.78 is 25.9. The zero-order chi connectivity index (χ0) is 17.2. The molecule has 126 valence electrons. The van der Waals surface area contributed by atoms with Crippen LogP contribution in [0.15, 0.2) is 46.8 Å². The molecule has 0 saturated heterocycles. The average Bonchev–Trinajstić information content (AvgIpc) is 3.21. The Balaban J connectivity index is 1.62. The van der Waals surface area contributed by atoms with Gasteiger partial charge in [-0.3, -0.25) is 4.79 Å². The number of H-pyrrole nitrogens is 1. The summed E-state index contributed by atoms with van der Waals surface area (Å²) in [6, 6.07) is 11.1. The molecule has 8 heteroatoms. The predicted molar refractivity (Wildman–Crippen MR) is 94.4 cm³/mol. The first-order chi connectivity index (χ1) is 11.5. The monoisotopic (exact) mass is 363 g/mol. The van der Waals surface area contributed by atoms with E-state index in [0.717, 1.165) is 32.7 Å². The number of rotatable bonds is 6. The zero-order valence-electron chi connectivity index (χ0n) is 13.0. The standard InChI is InChI=1S/C16H17N3O3S2/c1-17-24(21,22)16-7-6-12(23-16)10-19-15(20)8-11-9-18-14-5-3-2-4-13(11)14/h2-7,9,17-18H,8,10H2,1H3,(H,19,20). The number of aromatic amines is 1. The van der Waals surface area contributed by atoms with Crippen LogP contribution in [0.5, 0.6) is 0 Å². The van der Waals surface area contributed by atoms with E-state index < -0.39 is 10.0 Å². The molecular weight excluding hydrogens is 346 g/mol. The number of amides is 1. The lowest BCUT2D eigenvalue weighted by Crippen LogP contribution is -2.24. The second-order valence-corrected chi connectivity index (χ2v) is 8.52. The third-order valence-electron chi connectivity index (χ3n) is 3.66. The van der Waals surface area contributed by atoms with Gasteiger partial charge in [-0.15, -0.1) is 11.3 Å². The molecular formula is C16H17N3O3S2. The third kappa shape index (κ3) is 3.50. The second kappa shape index (κ2) is 6.76. The fraction of sp³-hybridized carbons (Fsp3) is 0.188. The highest BCUT2D eigenvalue weighted by molar-refractivity contribution is 7.91. The first kappa shape index (κ1) is 16.7. The maximum absolute atomic E-state index is 12.1. The van der Waals surface area contributed by atoms with E-state index in [0.29, 0.717) is 6.54 Å². The molecule has 24 heavy (non-hydrogen) atoms. The maximum Gasteiger partial charge on any atom is 0.249 e. The van der Waals surface area contributed by atoms with Crippen LogP contribution in [-0.2, 0) is 27.8 Å². The number of hydrogen-bond donors (Lipinski definition) is 3. The van der Waals surface area contributed by atoms with Gasteiger partial charge in [0.05, 0.1) is 13.0 Å². The Labute approximate surface area is 144 Å². The molecule has 0 saturated carbocycles. The van der Waals surface area contributed by atoms with Crippen molar-refractivity contribution in [2.75, 3.05) is 7.05 Å². The van der Waals surface area contributed by atoms with E-state index in [1.165, 1.54) is 13.1 Å². The number of hydrogen-bond acceptors (Lipinski definition) is 4. The van der Waals surface area contributed by atoms with Crippen LogP contribution in [-0.4, -0.2) is 26.4 Å². The Morgan fingerprint density at radius 1 is 1.21 bits per heavy atom. The Morgan fingerprint density at radius 3 is 2.79 bits per heavy atom. The van der Waals surface area contributed by atoms with Crippen molar-refractivity contribution in [2.45, 2.75) is 17.2 Å². The summed E-state index contributed by atoms with van der Waals surface area (Å²) in [7, 11) is -2.06. The average molecular weight is 363 g/mol. The predicted octanol–water partition coefficient (Wildman–Crippen LogP) is 2.00. The summed E-state index contributed by atoms with van der Waals surface area (Å²) in [5.74, 6) is -0.105. The van der Waals surface area contributed by atoms with E-state index in [4.69, 9.17) is 0 Å². The minimum absolute atomic E-state index is 0.105. The summed E-state index contributed by atoms with van der Waals surface area (Å²) in [5, 5.41) is 3.86. The van der Waals surface area contributed by atoms with Crippen LogP contribution in [0.25, 0.3) is 10.9 Å². The summed E-state index contributed by atoms with van der Waals surface area (Å²) in [6.07, 6.45) is 2.12. The first-order valence-corrected chi connectivity index (χ1v) is 9.63. The van der Waals surface area contributed by atoms with Gasteiger partial charge < -0.3 is 10.3 Å². The van der Waals surface area contributed by atoms with Crippen molar-refractivity contribution in [1.29, 1.82) is 0 Å². The fourth-order valence-electron chi connectivity index (χ4n) is 2.40. The van der Waals surface area contributed by atoms with Gasteiger partial charge in [0, 0.05) is 22.0 Å². The van der Waals surface area contributed by atoms with Crippen LogP contribution in [0, 0.1) is 0 Å². The van der Waals surface area contributed by atoms with Gasteiger partial charge in [0.15, 0.2) is 0 Å². The fourth-order valence-corrected chi connectivity index (χ4v) is 4.53. The molecule has 3 N–H and O–H groups in total. The summed E-state index contributed by atoms with van der Waals surface area (Å²) in [5.41, 5.74) is 1.94. The molecule has 3 aromatic rings. The second-order valence-electron chi connectivity index (χ2n) is 5.24. The van der Waals surface area contributed by atoms with Crippen LogP contribution < -0.4 is 10.0 Å². The van der Waals surface area contributed by atoms with Crippen molar-refractivity contribution >= 4 is 38.2 Å². The molecule has 0 radical (unpaired) electrons. The molecule has 1 aromatic carbocycles. The van der Waals surface area contributed by atoms with Crippen molar-refractivity contribution in [2.24, 2.45) is 0 Å². The van der Waals surface area contributed by atoms with Gasteiger partial charge >= 0.3 is 0 Å². The topological polar surface area (TPSA) is 91.1 Å². The number of carbonyl (C=O) groups is 1. The Hall–Kier alpha value is -2.16. The van der Waals surface area contributed by atoms with Crippen molar-refractivity contribution < 1.29 is 13.2 Å². The van der Waals surface area contributed by atoms with Crippen molar-refractivity contribution in [3.8, 4) is 0 Å². The van der Waals surface area contributed by atoms with Crippen LogP contribution in [0.2, 0.25) is 0 Å². The molecule has 0 atom stereocenters. The number of sulfonamides is 1. The van der Waals surface area contributed by atoms with Crippen LogP contribution in [0.3, 0.4) is 0 Å². The van der Waals surface area contributed by atoms with Gasteiger partial charge in [-0.1, -0.05) is 18.2 Å². The minimum Gasteiger partial charge on any atom is -0.361 e. The summed E-state index contributed by atoms with van der Waals surface area (Å²) in [4.78, 5) is 16.1. The van der Waals surface area contributed by atoms with E-state index in [9.17, 15) is 13.2 Å². The van der Waals surface area contributed by atoms with E-state index in [1.54, 1.807) is 6.07 Å². The molecule has 0 aliphatic heterocycles. The molecule has 0 aliphatic carbocycles. The highest BCUT2D eigenvalue weighted by Crippen LogP contribution is 2.21. The number of para-hydroxylation sites is 1. The molecule has 0 unspecified atom stereocenters. The van der Waals surface area contributed by atoms with Gasteiger partial charge in [-0.05, 0) is 30.8 Å². The van der Waals surface area contributed by atoms with Crippen LogP contribution >= 0.6 is 11.3 Å². The largest absolute Gasteiger partial charge is 0.361 e. The number of nitrogens with one attached hydrogen (secondary N) is 3. The molecule has 3 rings (SSSR count). The van der Waals surface area contributed by atoms with Crippen LogP contribution in [0.1, 0.15) is 10.4 Å². The quantitative estimate of drug-likeness (QED) is 0.625. The lowest BCUT2D eigenvalue weighted by molar-refractivity contribution is -0.120. The highest BCUT2D eigenvalue weighted by atomic mass is 32.2. The SMILES string of the molecule is CNS(=O)(=O)c1ccc(CNC(=O)Cc2c[nH]c3ccccc23)s1. The Morgan fingerprint density at radius 2 is 2.00 bits per heavy atom. The maximum atomic E-state index is 12.1. The zero-order valence-corrected chi connectivity index (χ0v) is 14.6. The lowest BCUT2D eigenvalue weighted by Gasteiger charge is -2.03. The molecule has 1 amide bonds. The molecule has 2 heterocycles.